The summed E-state index contributed by atoms with van der Waals surface area (Å²) in [6, 6.07) is 9.81. The summed E-state index contributed by atoms with van der Waals surface area (Å²) in [6.07, 6.45) is 2.50. The number of anilines is 1. The molecule has 1 aromatic carbocycles. The fourth-order valence-electron chi connectivity index (χ4n) is 2.29. The lowest BCUT2D eigenvalue weighted by atomic mass is 10.00. The molecule has 0 aliphatic rings. The molecule has 19 heavy (non-hydrogen) atoms. The van der Waals surface area contributed by atoms with Gasteiger partial charge in [-0.25, -0.2) is 4.98 Å². The molecular weight excluding hydrogens is 236 g/mol. The predicted octanol–water partition coefficient (Wildman–Crippen LogP) is 2.63. The van der Waals surface area contributed by atoms with Gasteiger partial charge in [-0.1, -0.05) is 29.3 Å². The zero-order chi connectivity index (χ0) is 13.8. The molecule has 1 heterocycles. The van der Waals surface area contributed by atoms with Crippen LogP contribution in [0.15, 0.2) is 36.5 Å². The molecule has 0 radical (unpaired) electrons. The minimum absolute atomic E-state index is 0.190. The molecule has 0 saturated heterocycles. The van der Waals surface area contributed by atoms with Crippen molar-refractivity contribution in [2.24, 2.45) is 0 Å². The standard InChI is InChI=1S/C16H18N2O/c1-11-5-12(2)7-14(6-11)9-15(19)8-13-3-4-18-16(17)10-13/h3-7,10H,8-9H2,1-2H3,(H2,17,18). The van der Waals surface area contributed by atoms with E-state index in [9.17, 15) is 4.79 Å². The Kier molecular flexibility index (Phi) is 3.95. The summed E-state index contributed by atoms with van der Waals surface area (Å²) in [7, 11) is 0. The van der Waals surface area contributed by atoms with E-state index in [1.807, 2.05) is 19.9 Å². The van der Waals surface area contributed by atoms with Crippen LogP contribution in [-0.4, -0.2) is 10.8 Å². The van der Waals surface area contributed by atoms with Crippen LogP contribution in [0.4, 0.5) is 5.82 Å². The van der Waals surface area contributed by atoms with Crippen LogP contribution >= 0.6 is 0 Å². The Hall–Kier alpha value is -2.16. The molecule has 0 fully saturated rings. The van der Waals surface area contributed by atoms with Gasteiger partial charge in [0, 0.05) is 19.0 Å². The number of carbonyl (C=O) groups excluding carboxylic acids is 1. The summed E-state index contributed by atoms with van der Waals surface area (Å²) in [5.41, 5.74) is 9.98. The Balaban J connectivity index is 2.05. The number of hydrogen-bond acceptors (Lipinski definition) is 3. The number of hydrogen-bond donors (Lipinski definition) is 1. The van der Waals surface area contributed by atoms with Crippen LogP contribution in [-0.2, 0) is 17.6 Å². The number of nitrogens with zero attached hydrogens (tertiary/aromatic N) is 1. The average Bonchev–Trinajstić information content (AvgIpc) is 2.26. The Labute approximate surface area is 113 Å². The first-order valence-electron chi connectivity index (χ1n) is 6.32. The normalized spacial score (nSPS) is 10.4. The molecule has 2 rings (SSSR count). The van der Waals surface area contributed by atoms with Gasteiger partial charge in [-0.15, -0.1) is 0 Å². The van der Waals surface area contributed by atoms with Gasteiger partial charge < -0.3 is 5.73 Å². The molecule has 0 aliphatic carbocycles. The maximum absolute atomic E-state index is 12.1. The van der Waals surface area contributed by atoms with Crippen LogP contribution in [0.1, 0.15) is 22.3 Å². The Morgan fingerprint density at radius 3 is 2.32 bits per heavy atom. The van der Waals surface area contributed by atoms with Crippen molar-refractivity contribution in [2.75, 3.05) is 5.73 Å². The Morgan fingerprint density at radius 2 is 1.68 bits per heavy atom. The van der Waals surface area contributed by atoms with Gasteiger partial charge in [-0.05, 0) is 37.1 Å². The van der Waals surface area contributed by atoms with Gasteiger partial charge in [0.1, 0.15) is 11.6 Å². The molecule has 0 spiro atoms. The molecule has 0 saturated carbocycles. The summed E-state index contributed by atoms with van der Waals surface area (Å²) < 4.78 is 0. The maximum atomic E-state index is 12.1. The first kappa shape index (κ1) is 13.3. The fourth-order valence-corrected chi connectivity index (χ4v) is 2.29. The van der Waals surface area contributed by atoms with Crippen LogP contribution in [0.3, 0.4) is 0 Å². The van der Waals surface area contributed by atoms with Gasteiger partial charge in [-0.2, -0.15) is 0 Å². The van der Waals surface area contributed by atoms with Crippen LogP contribution in [0.2, 0.25) is 0 Å². The number of aryl methyl sites for hydroxylation is 2. The number of ketones is 1. The third-order valence-electron chi connectivity index (χ3n) is 2.93. The first-order chi connectivity index (χ1) is 9.02. The van der Waals surface area contributed by atoms with Gasteiger partial charge >= 0.3 is 0 Å². The highest BCUT2D eigenvalue weighted by molar-refractivity contribution is 5.83. The summed E-state index contributed by atoms with van der Waals surface area (Å²) in [5, 5.41) is 0. The molecule has 3 nitrogen and oxygen atoms in total. The number of pyridine rings is 1. The third-order valence-corrected chi connectivity index (χ3v) is 2.93. The second kappa shape index (κ2) is 5.65. The number of nitrogen functional groups attached to an aromatic ring is 1. The largest absolute Gasteiger partial charge is 0.384 e. The monoisotopic (exact) mass is 254 g/mol. The van der Waals surface area contributed by atoms with Crippen molar-refractivity contribution in [3.05, 3.63) is 58.8 Å². The first-order valence-corrected chi connectivity index (χ1v) is 6.32. The number of benzene rings is 1. The zero-order valence-corrected chi connectivity index (χ0v) is 11.3. The number of nitrogens with two attached hydrogens (primary N) is 1. The highest BCUT2D eigenvalue weighted by Crippen LogP contribution is 2.11. The minimum Gasteiger partial charge on any atom is -0.384 e. The van der Waals surface area contributed by atoms with E-state index in [1.165, 1.54) is 11.1 Å². The molecule has 0 unspecified atom stereocenters. The van der Waals surface area contributed by atoms with Crippen molar-refractivity contribution in [2.45, 2.75) is 26.7 Å². The Morgan fingerprint density at radius 1 is 1.05 bits per heavy atom. The van der Waals surface area contributed by atoms with E-state index in [0.717, 1.165) is 11.1 Å². The van der Waals surface area contributed by atoms with E-state index in [1.54, 1.807) is 12.3 Å². The molecule has 0 aliphatic heterocycles. The summed E-state index contributed by atoms with van der Waals surface area (Å²) in [6.45, 7) is 4.09. The summed E-state index contributed by atoms with van der Waals surface area (Å²) >= 11 is 0. The molecule has 0 amide bonds. The zero-order valence-electron chi connectivity index (χ0n) is 11.3. The summed E-state index contributed by atoms with van der Waals surface area (Å²) in [5.74, 6) is 0.646. The van der Waals surface area contributed by atoms with Crippen molar-refractivity contribution in [3.63, 3.8) is 0 Å². The average molecular weight is 254 g/mol. The lowest BCUT2D eigenvalue weighted by Gasteiger charge is -2.05. The molecule has 98 valence electrons. The topological polar surface area (TPSA) is 56.0 Å². The van der Waals surface area contributed by atoms with Gasteiger partial charge in [-0.3, -0.25) is 4.79 Å². The highest BCUT2D eigenvalue weighted by Gasteiger charge is 2.06. The fraction of sp³-hybridized carbons (Fsp3) is 0.250. The highest BCUT2D eigenvalue weighted by atomic mass is 16.1. The van der Waals surface area contributed by atoms with E-state index in [4.69, 9.17) is 5.73 Å². The lowest BCUT2D eigenvalue weighted by Crippen LogP contribution is -2.07. The maximum Gasteiger partial charge on any atom is 0.141 e. The van der Waals surface area contributed by atoms with Crippen LogP contribution in [0.5, 0.6) is 0 Å². The van der Waals surface area contributed by atoms with Gasteiger partial charge in [0.25, 0.3) is 0 Å². The summed E-state index contributed by atoms with van der Waals surface area (Å²) in [4.78, 5) is 16.0. The second-order valence-corrected chi connectivity index (χ2v) is 4.98. The third kappa shape index (κ3) is 3.91. The Bertz CT molecular complexity index is 585. The van der Waals surface area contributed by atoms with E-state index < -0.39 is 0 Å². The van der Waals surface area contributed by atoms with Crippen molar-refractivity contribution < 1.29 is 4.79 Å². The number of rotatable bonds is 4. The molecule has 0 atom stereocenters. The van der Waals surface area contributed by atoms with Crippen molar-refractivity contribution in [1.29, 1.82) is 0 Å². The van der Waals surface area contributed by atoms with Crippen LogP contribution < -0.4 is 5.73 Å². The molecule has 2 aromatic rings. The second-order valence-electron chi connectivity index (χ2n) is 4.98. The number of aromatic nitrogens is 1. The van der Waals surface area contributed by atoms with E-state index in [-0.39, 0.29) is 5.78 Å². The molecule has 1 aromatic heterocycles. The van der Waals surface area contributed by atoms with Crippen LogP contribution in [0.25, 0.3) is 0 Å². The molecule has 0 bridgehead atoms. The van der Waals surface area contributed by atoms with Gasteiger partial charge in [0.15, 0.2) is 0 Å². The van der Waals surface area contributed by atoms with Crippen molar-refractivity contribution >= 4 is 11.6 Å². The smallest absolute Gasteiger partial charge is 0.141 e. The van der Waals surface area contributed by atoms with E-state index in [2.05, 4.69) is 23.2 Å². The van der Waals surface area contributed by atoms with Crippen LogP contribution in [0, 0.1) is 13.8 Å². The van der Waals surface area contributed by atoms with E-state index >= 15 is 0 Å². The predicted molar refractivity (Wildman–Crippen MR) is 77.0 cm³/mol. The molecule has 2 N–H and O–H groups in total. The number of carbonyl (C=O) groups is 1. The minimum atomic E-state index is 0.190. The van der Waals surface area contributed by atoms with Crippen molar-refractivity contribution in [1.82, 2.24) is 4.98 Å². The van der Waals surface area contributed by atoms with Crippen molar-refractivity contribution in [3.8, 4) is 0 Å². The molecule has 3 heteroatoms. The van der Waals surface area contributed by atoms with Gasteiger partial charge in [0.2, 0.25) is 0 Å². The quantitative estimate of drug-likeness (QED) is 0.912. The SMILES string of the molecule is Cc1cc(C)cc(CC(=O)Cc2ccnc(N)c2)c1. The number of Topliss-reactive ketones (excluding diaryl/α,β-unsaturated/α-hetero) is 1. The van der Waals surface area contributed by atoms with E-state index in [0.29, 0.717) is 18.7 Å². The molecular formula is C16H18N2O. The lowest BCUT2D eigenvalue weighted by molar-refractivity contribution is -0.117. The van der Waals surface area contributed by atoms with Gasteiger partial charge in [0.05, 0.1) is 0 Å².